The van der Waals surface area contributed by atoms with Crippen LogP contribution in [-0.2, 0) is 0 Å². The Kier molecular flexibility index (Phi) is 4.86. The van der Waals surface area contributed by atoms with Crippen LogP contribution < -0.4 is 17.8 Å². The van der Waals surface area contributed by atoms with Crippen molar-refractivity contribution in [2.45, 2.75) is 0 Å². The Labute approximate surface area is 142 Å². The maximum absolute atomic E-state index is 10.1. The first-order valence-corrected chi connectivity index (χ1v) is 10.2. The topological polar surface area (TPSA) is 40.5 Å². The molecule has 0 aliphatic heterocycles. The number of phenolic OH excluding ortho intramolecular Hbond substituents is 2. The average Bonchev–Trinajstić information content (AvgIpc) is 2.54. The number of phenols is 2. The summed E-state index contributed by atoms with van der Waals surface area (Å²) < 4.78 is 4.22. The molecule has 0 aromatic heterocycles. The Bertz CT molecular complexity index is 696. The van der Waals surface area contributed by atoms with E-state index in [1.807, 2.05) is 42.5 Å². The van der Waals surface area contributed by atoms with Crippen LogP contribution in [0.15, 0.2) is 72.8 Å². The van der Waals surface area contributed by atoms with Gasteiger partial charge in [0.1, 0.15) is 0 Å². The first-order valence-electron chi connectivity index (χ1n) is 6.74. The minimum atomic E-state index is 0.0283. The monoisotopic (exact) mass is 422 g/mol. The third kappa shape index (κ3) is 3.73. The summed E-state index contributed by atoms with van der Waals surface area (Å²) in [6.07, 6.45) is 0. The zero-order valence-corrected chi connectivity index (χ0v) is 15.1. The van der Waals surface area contributed by atoms with Crippen molar-refractivity contribution in [3.05, 3.63) is 72.8 Å². The number of benzene rings is 3. The van der Waals surface area contributed by atoms with Crippen molar-refractivity contribution in [1.29, 1.82) is 0 Å². The van der Waals surface area contributed by atoms with Gasteiger partial charge < -0.3 is 0 Å². The average molecular weight is 420 g/mol. The van der Waals surface area contributed by atoms with Crippen LogP contribution in [0.2, 0.25) is 0 Å². The predicted octanol–water partition coefficient (Wildman–Crippen LogP) is 0.408. The summed E-state index contributed by atoms with van der Waals surface area (Å²) in [6, 6.07) is 23.7. The van der Waals surface area contributed by atoms with E-state index in [1.165, 1.54) is 15.0 Å². The molecule has 0 heterocycles. The summed E-state index contributed by atoms with van der Waals surface area (Å²) in [5, 5.41) is 20.2. The molecule has 0 amide bonds. The van der Waals surface area contributed by atoms with Crippen LogP contribution in [0.3, 0.4) is 0 Å². The van der Waals surface area contributed by atoms with Gasteiger partial charge in [0.15, 0.2) is 0 Å². The van der Waals surface area contributed by atoms with Gasteiger partial charge in [-0.2, -0.15) is 0 Å². The molecule has 22 heavy (non-hydrogen) atoms. The van der Waals surface area contributed by atoms with E-state index in [2.05, 4.69) is 24.3 Å². The van der Waals surface area contributed by atoms with Crippen molar-refractivity contribution >= 4 is 47.8 Å². The third-order valence-corrected chi connectivity index (χ3v) is 7.41. The van der Waals surface area contributed by atoms with Crippen molar-refractivity contribution in [2.75, 3.05) is 0 Å². The van der Waals surface area contributed by atoms with Gasteiger partial charge in [0.05, 0.1) is 0 Å². The summed E-state index contributed by atoms with van der Waals surface area (Å²) in [5.74, 6) is 0.350. The molecule has 0 saturated heterocycles. The van der Waals surface area contributed by atoms with Gasteiger partial charge in [0, 0.05) is 0 Å². The van der Waals surface area contributed by atoms with E-state index in [0.29, 0.717) is 0 Å². The van der Waals surface area contributed by atoms with Crippen LogP contribution in [0.1, 0.15) is 0 Å². The van der Waals surface area contributed by atoms with Gasteiger partial charge in [-0.25, -0.2) is 0 Å². The van der Waals surface area contributed by atoms with Gasteiger partial charge in [-0.05, 0) is 0 Å². The van der Waals surface area contributed by atoms with Crippen molar-refractivity contribution < 1.29 is 10.2 Å². The van der Waals surface area contributed by atoms with Crippen molar-refractivity contribution in [1.82, 2.24) is 0 Å². The van der Waals surface area contributed by atoms with Crippen LogP contribution in [0, 0.1) is 0 Å². The van der Waals surface area contributed by atoms with Gasteiger partial charge in [-0.15, -0.1) is 0 Å². The van der Waals surface area contributed by atoms with Crippen molar-refractivity contribution in [3.63, 3.8) is 0 Å². The second-order valence-electron chi connectivity index (χ2n) is 4.62. The summed E-state index contributed by atoms with van der Waals surface area (Å²) in [4.78, 5) is 0. The third-order valence-electron chi connectivity index (χ3n) is 2.98. The van der Waals surface area contributed by atoms with Crippen LogP contribution in [0.4, 0.5) is 0 Å². The summed E-state index contributed by atoms with van der Waals surface area (Å²) in [7, 11) is 0. The van der Waals surface area contributed by atoms with E-state index < -0.39 is 0 Å². The van der Waals surface area contributed by atoms with E-state index >= 15 is 0 Å². The van der Waals surface area contributed by atoms with Gasteiger partial charge in [-0.3, -0.25) is 0 Å². The van der Waals surface area contributed by atoms with Crippen LogP contribution in [0.25, 0.3) is 0 Å². The number of hydrogen-bond donors (Lipinski definition) is 2. The van der Waals surface area contributed by atoms with Crippen molar-refractivity contribution in [3.8, 4) is 11.5 Å². The summed E-state index contributed by atoms with van der Waals surface area (Å²) >= 11 is 0.0567. The molecule has 3 aromatic rings. The maximum atomic E-state index is 10.1. The van der Waals surface area contributed by atoms with E-state index in [9.17, 15) is 10.2 Å². The first-order chi connectivity index (χ1) is 10.7. The Morgan fingerprint density at radius 1 is 0.545 bits per heavy atom. The zero-order valence-electron chi connectivity index (χ0n) is 11.6. The van der Waals surface area contributed by atoms with Crippen molar-refractivity contribution in [2.24, 2.45) is 0 Å². The Balaban J connectivity index is 1.90. The zero-order chi connectivity index (χ0) is 15.4. The molecule has 2 nitrogen and oxygen atoms in total. The van der Waals surface area contributed by atoms with Crippen LogP contribution in [-0.4, -0.2) is 40.1 Å². The van der Waals surface area contributed by atoms with Crippen LogP contribution in [0.5, 0.6) is 11.5 Å². The molecule has 0 radical (unpaired) electrons. The van der Waals surface area contributed by atoms with E-state index in [-0.39, 0.29) is 41.4 Å². The van der Waals surface area contributed by atoms with Gasteiger partial charge >= 0.3 is 142 Å². The van der Waals surface area contributed by atoms with E-state index in [0.717, 1.165) is 8.92 Å². The quantitative estimate of drug-likeness (QED) is 0.601. The normalized spacial score (nSPS) is 10.5. The molecule has 0 aliphatic rings. The Morgan fingerprint density at radius 3 is 1.36 bits per heavy atom. The molecule has 110 valence electrons. The molecule has 4 heteroatoms. The van der Waals surface area contributed by atoms with E-state index in [1.54, 1.807) is 0 Å². The molecule has 0 bridgehead atoms. The number of hydrogen-bond acceptors (Lipinski definition) is 2. The fourth-order valence-corrected chi connectivity index (χ4v) is 6.04. The fourth-order valence-electron chi connectivity index (χ4n) is 1.93. The second-order valence-corrected chi connectivity index (χ2v) is 9.30. The standard InChI is InChI=1S/C18H14O2Se2/c19-15-11-16(20)18(22-14-9-5-2-6-10-14)12-17(15)21-13-7-3-1-4-8-13/h1-12,19-20H. The molecule has 0 saturated carbocycles. The number of aromatic hydroxyl groups is 2. The Morgan fingerprint density at radius 2 is 0.955 bits per heavy atom. The van der Waals surface area contributed by atoms with Gasteiger partial charge in [0.2, 0.25) is 0 Å². The predicted molar refractivity (Wildman–Crippen MR) is 92.7 cm³/mol. The van der Waals surface area contributed by atoms with Gasteiger partial charge in [0.25, 0.3) is 0 Å². The summed E-state index contributed by atoms with van der Waals surface area (Å²) in [5.41, 5.74) is 0. The Hall–Kier alpha value is -1.70. The van der Waals surface area contributed by atoms with Crippen LogP contribution >= 0.6 is 0 Å². The van der Waals surface area contributed by atoms with Gasteiger partial charge in [-0.1, -0.05) is 0 Å². The molecule has 2 N–H and O–H groups in total. The molecule has 0 unspecified atom stereocenters. The first kappa shape index (κ1) is 15.2. The summed E-state index contributed by atoms with van der Waals surface area (Å²) in [6.45, 7) is 0. The molecular weight excluding hydrogens is 406 g/mol. The molecule has 0 atom stereocenters. The molecule has 3 aromatic carbocycles. The SMILES string of the molecule is Oc1cc(O)c([Se]c2ccccc2)cc1[Se]c1ccccc1. The van der Waals surface area contributed by atoms with E-state index in [4.69, 9.17) is 0 Å². The molecule has 0 aliphatic carbocycles. The molecule has 0 spiro atoms. The molecule has 3 rings (SSSR count). The molecule has 0 fully saturated rings. The number of rotatable bonds is 4. The fraction of sp³-hybridized carbons (Fsp3) is 0. The molecular formula is C18H14O2Se2. The second kappa shape index (κ2) is 7.04. The minimum absolute atomic E-state index is 0.0283.